The summed E-state index contributed by atoms with van der Waals surface area (Å²) in [5.74, 6) is -2.27. The summed E-state index contributed by atoms with van der Waals surface area (Å²) in [5.41, 5.74) is 1.72. The van der Waals surface area contributed by atoms with E-state index in [0.29, 0.717) is 17.7 Å². The highest BCUT2D eigenvalue weighted by Crippen LogP contribution is 2.39. The number of aliphatic hydroxyl groups is 2. The van der Waals surface area contributed by atoms with Crippen molar-refractivity contribution in [1.29, 1.82) is 0 Å². The summed E-state index contributed by atoms with van der Waals surface area (Å²) < 4.78 is 0. The molecule has 3 aromatic carbocycles. The van der Waals surface area contributed by atoms with Gasteiger partial charge < -0.3 is 10.2 Å². The Labute approximate surface area is 195 Å². The molecule has 172 valence electrons. The number of amides is 4. The molecule has 8 heteroatoms. The Hall–Kier alpha value is -3.88. The number of aliphatic hydroxyl groups excluding tert-OH is 2. The van der Waals surface area contributed by atoms with E-state index in [1.165, 1.54) is 24.3 Å². The zero-order valence-corrected chi connectivity index (χ0v) is 18.6. The number of nitrogens with zero attached hydrogens (tertiary/aromatic N) is 2. The molecule has 0 bridgehead atoms. The van der Waals surface area contributed by atoms with Gasteiger partial charge in [-0.15, -0.1) is 0 Å². The normalized spacial score (nSPS) is 16.9. The summed E-state index contributed by atoms with van der Waals surface area (Å²) in [6.45, 7) is 3.00. The maximum Gasteiger partial charge on any atom is 0.265 e. The maximum absolute atomic E-state index is 13.5. The largest absolute Gasteiger partial charge is 0.394 e. The van der Waals surface area contributed by atoms with Crippen molar-refractivity contribution in [2.24, 2.45) is 0 Å². The average molecular weight is 458 g/mol. The Kier molecular flexibility index (Phi) is 5.07. The fourth-order valence-electron chi connectivity index (χ4n) is 4.78. The Morgan fingerprint density at radius 1 is 0.794 bits per heavy atom. The lowest BCUT2D eigenvalue weighted by Crippen LogP contribution is -2.49. The van der Waals surface area contributed by atoms with Crippen molar-refractivity contribution in [1.82, 2.24) is 4.90 Å². The molecule has 2 aliphatic rings. The van der Waals surface area contributed by atoms with Crippen molar-refractivity contribution in [2.75, 3.05) is 11.5 Å². The first-order valence-electron chi connectivity index (χ1n) is 11.0. The van der Waals surface area contributed by atoms with Gasteiger partial charge in [0.25, 0.3) is 23.6 Å². The Balaban J connectivity index is 1.71. The van der Waals surface area contributed by atoms with E-state index >= 15 is 0 Å². The first-order valence-corrected chi connectivity index (χ1v) is 11.0. The van der Waals surface area contributed by atoms with Crippen LogP contribution in [0, 0.1) is 0 Å². The summed E-state index contributed by atoms with van der Waals surface area (Å²) in [6, 6.07) is 11.9. The first kappa shape index (κ1) is 21.9. The molecule has 3 aromatic rings. The second kappa shape index (κ2) is 7.86. The van der Waals surface area contributed by atoms with Crippen LogP contribution >= 0.6 is 0 Å². The molecule has 2 heterocycles. The van der Waals surface area contributed by atoms with Crippen LogP contribution < -0.4 is 4.90 Å². The molecule has 2 unspecified atom stereocenters. The minimum Gasteiger partial charge on any atom is -0.394 e. The van der Waals surface area contributed by atoms with Gasteiger partial charge in [-0.2, -0.15) is 0 Å². The molecule has 0 aromatic heterocycles. The van der Waals surface area contributed by atoms with Gasteiger partial charge in [0, 0.05) is 33.0 Å². The Bertz CT molecular complexity index is 1340. The number of carbonyl (C=O) groups is 4. The van der Waals surface area contributed by atoms with Crippen LogP contribution in [0.4, 0.5) is 5.69 Å². The number of carbonyl (C=O) groups excluding carboxylic acids is 4. The molecule has 2 N–H and O–H groups in total. The van der Waals surface area contributed by atoms with Crippen LogP contribution in [-0.4, -0.2) is 51.4 Å². The van der Waals surface area contributed by atoms with Gasteiger partial charge in [0.1, 0.15) is 0 Å². The van der Waals surface area contributed by atoms with E-state index in [2.05, 4.69) is 0 Å². The molecule has 0 saturated heterocycles. The van der Waals surface area contributed by atoms with Gasteiger partial charge in [-0.05, 0) is 55.3 Å². The number of hydrogen-bond donors (Lipinski definition) is 2. The lowest BCUT2D eigenvalue weighted by molar-refractivity contribution is 0.0465. The average Bonchev–Trinajstić information content (AvgIpc) is 2.84. The van der Waals surface area contributed by atoms with Crippen LogP contribution in [0.3, 0.4) is 0 Å². The highest BCUT2D eigenvalue weighted by molar-refractivity contribution is 6.39. The molecule has 0 radical (unpaired) electrons. The number of anilines is 1. The van der Waals surface area contributed by atoms with E-state index in [9.17, 15) is 29.4 Å². The van der Waals surface area contributed by atoms with Crippen molar-refractivity contribution in [3.63, 3.8) is 0 Å². The van der Waals surface area contributed by atoms with Gasteiger partial charge in [-0.1, -0.05) is 19.1 Å². The zero-order valence-electron chi connectivity index (χ0n) is 18.6. The van der Waals surface area contributed by atoms with Crippen molar-refractivity contribution in [3.8, 4) is 0 Å². The van der Waals surface area contributed by atoms with Crippen LogP contribution in [0.5, 0.6) is 0 Å². The highest BCUT2D eigenvalue weighted by atomic mass is 16.3. The van der Waals surface area contributed by atoms with Crippen molar-refractivity contribution in [2.45, 2.75) is 32.4 Å². The second-order valence-corrected chi connectivity index (χ2v) is 8.51. The molecule has 4 amide bonds. The van der Waals surface area contributed by atoms with E-state index in [1.54, 1.807) is 38.1 Å². The fourth-order valence-corrected chi connectivity index (χ4v) is 4.78. The fraction of sp³-hybridized carbons (Fsp3) is 0.231. The van der Waals surface area contributed by atoms with Crippen molar-refractivity contribution >= 4 is 40.1 Å². The van der Waals surface area contributed by atoms with Gasteiger partial charge in [-0.25, -0.2) is 4.90 Å². The summed E-state index contributed by atoms with van der Waals surface area (Å²) in [7, 11) is 0. The molecule has 0 fully saturated rings. The topological polar surface area (TPSA) is 115 Å². The molecular weight excluding hydrogens is 436 g/mol. The van der Waals surface area contributed by atoms with Gasteiger partial charge in [0.15, 0.2) is 0 Å². The molecule has 5 rings (SSSR count). The summed E-state index contributed by atoms with van der Waals surface area (Å²) >= 11 is 0. The predicted octanol–water partition coefficient (Wildman–Crippen LogP) is 3.06. The molecule has 0 saturated carbocycles. The lowest BCUT2D eigenvalue weighted by atomic mass is 9.85. The standard InChI is InChI=1S/C26H22N2O6/c1-3-15(12-29)27-23(31)17-7-9-19-22-20(10-8-18(21(17)22)24(27)32)26(34)28(25(19)33)16-6-4-5-14(11-16)13(2)30/h4-11,13,15,29-30H,3,12H2,1-2H3. The zero-order chi connectivity index (χ0) is 24.3. The van der Waals surface area contributed by atoms with E-state index < -0.39 is 35.8 Å². The minimum absolute atomic E-state index is 0.209. The van der Waals surface area contributed by atoms with Crippen molar-refractivity contribution < 1.29 is 29.4 Å². The highest BCUT2D eigenvalue weighted by Gasteiger charge is 2.41. The number of rotatable bonds is 5. The Morgan fingerprint density at radius 2 is 1.29 bits per heavy atom. The van der Waals surface area contributed by atoms with Crippen LogP contribution in [0.2, 0.25) is 0 Å². The second-order valence-electron chi connectivity index (χ2n) is 8.51. The van der Waals surface area contributed by atoms with E-state index in [1.807, 2.05) is 0 Å². The minimum atomic E-state index is -0.778. The molecule has 34 heavy (non-hydrogen) atoms. The number of hydrogen-bond acceptors (Lipinski definition) is 6. The Morgan fingerprint density at radius 3 is 1.74 bits per heavy atom. The molecule has 2 atom stereocenters. The van der Waals surface area contributed by atoms with Gasteiger partial charge in [0.05, 0.1) is 24.4 Å². The third-order valence-corrected chi connectivity index (χ3v) is 6.58. The van der Waals surface area contributed by atoms with E-state index in [4.69, 9.17) is 0 Å². The summed E-state index contributed by atoms with van der Waals surface area (Å²) in [6.07, 6.45) is -0.389. The van der Waals surface area contributed by atoms with Gasteiger partial charge >= 0.3 is 0 Å². The molecule has 0 spiro atoms. The first-order chi connectivity index (χ1) is 16.3. The smallest absolute Gasteiger partial charge is 0.265 e. The maximum atomic E-state index is 13.5. The SMILES string of the molecule is CCC(CO)N1C(=O)c2ccc3c4c(ccc(c24)C1=O)C(=O)N(c1cccc(C(C)O)c1)C3=O. The summed E-state index contributed by atoms with van der Waals surface area (Å²) in [4.78, 5) is 55.5. The number of benzene rings is 3. The van der Waals surface area contributed by atoms with E-state index in [0.717, 1.165) is 9.80 Å². The van der Waals surface area contributed by atoms with Crippen LogP contribution in [0.1, 0.15) is 73.4 Å². The van der Waals surface area contributed by atoms with Crippen LogP contribution in [0.25, 0.3) is 10.8 Å². The quantitative estimate of drug-likeness (QED) is 0.568. The van der Waals surface area contributed by atoms with Crippen LogP contribution in [0.15, 0.2) is 48.5 Å². The van der Waals surface area contributed by atoms with E-state index in [-0.39, 0.29) is 39.6 Å². The lowest BCUT2D eigenvalue weighted by Gasteiger charge is -2.34. The molecule has 2 aliphatic heterocycles. The molecule has 0 aliphatic carbocycles. The summed E-state index contributed by atoms with van der Waals surface area (Å²) in [5, 5.41) is 20.2. The van der Waals surface area contributed by atoms with Gasteiger partial charge in [-0.3, -0.25) is 24.1 Å². The molecule has 8 nitrogen and oxygen atoms in total. The predicted molar refractivity (Wildman–Crippen MR) is 124 cm³/mol. The van der Waals surface area contributed by atoms with Gasteiger partial charge in [0.2, 0.25) is 0 Å². The van der Waals surface area contributed by atoms with Crippen molar-refractivity contribution in [3.05, 3.63) is 76.3 Å². The third kappa shape index (κ3) is 2.92. The third-order valence-electron chi connectivity index (χ3n) is 6.58. The number of imide groups is 2. The monoisotopic (exact) mass is 458 g/mol. The molecular formula is C26H22N2O6. The van der Waals surface area contributed by atoms with Crippen LogP contribution in [-0.2, 0) is 0 Å².